The van der Waals surface area contributed by atoms with Crippen LogP contribution in [-0.4, -0.2) is 10.6 Å². The molecule has 0 spiro atoms. The third-order valence-corrected chi connectivity index (χ3v) is 4.46. The second-order valence-corrected chi connectivity index (χ2v) is 6.96. The van der Waals surface area contributed by atoms with Crippen LogP contribution in [0.5, 0.6) is 0 Å². The van der Waals surface area contributed by atoms with E-state index < -0.39 is 11.8 Å². The quantitative estimate of drug-likeness (QED) is 0.600. The minimum absolute atomic E-state index is 0.140. The predicted molar refractivity (Wildman–Crippen MR) is 105 cm³/mol. The highest BCUT2D eigenvalue weighted by Crippen LogP contribution is 2.19. The summed E-state index contributed by atoms with van der Waals surface area (Å²) >= 11 is 3.19. The number of hydrogen-bond donors (Lipinski definition) is 2. The first-order chi connectivity index (χ1) is 12.5. The Bertz CT molecular complexity index is 923. The standard InChI is InChI=1S/C20H19BrFN3O/c1-14-4-2-5-15(10-14)13-25-9-3-6-17(25)12-23-20(26)24-19-8-7-16(21)11-18(19)22/h2-11H,12-13H2,1H3,(H2,23,24,26). The molecule has 1 heterocycles. The molecule has 3 rings (SSSR count). The molecule has 0 atom stereocenters. The average molecular weight is 416 g/mol. The Morgan fingerprint density at radius 3 is 2.77 bits per heavy atom. The van der Waals surface area contributed by atoms with Crippen LogP contribution < -0.4 is 10.6 Å². The number of rotatable bonds is 5. The Morgan fingerprint density at radius 1 is 1.15 bits per heavy atom. The first-order valence-electron chi connectivity index (χ1n) is 8.21. The highest BCUT2D eigenvalue weighted by Gasteiger charge is 2.08. The largest absolute Gasteiger partial charge is 0.345 e. The van der Waals surface area contributed by atoms with Crippen LogP contribution in [0.1, 0.15) is 16.8 Å². The zero-order chi connectivity index (χ0) is 18.5. The summed E-state index contributed by atoms with van der Waals surface area (Å²) in [6, 6.07) is 16.3. The lowest BCUT2D eigenvalue weighted by Crippen LogP contribution is -2.29. The van der Waals surface area contributed by atoms with Gasteiger partial charge in [-0.2, -0.15) is 0 Å². The molecular formula is C20H19BrFN3O. The maximum atomic E-state index is 13.8. The fraction of sp³-hybridized carbons (Fsp3) is 0.150. The topological polar surface area (TPSA) is 46.1 Å². The van der Waals surface area contributed by atoms with E-state index in [0.29, 0.717) is 11.0 Å². The van der Waals surface area contributed by atoms with E-state index in [0.717, 1.165) is 12.2 Å². The van der Waals surface area contributed by atoms with E-state index in [9.17, 15) is 9.18 Å². The molecule has 0 unspecified atom stereocenters. The number of halogens is 2. The number of aryl methyl sites for hydroxylation is 1. The van der Waals surface area contributed by atoms with Gasteiger partial charge in [0.1, 0.15) is 5.82 Å². The van der Waals surface area contributed by atoms with Crippen molar-refractivity contribution in [3.8, 4) is 0 Å². The molecule has 134 valence electrons. The van der Waals surface area contributed by atoms with Crippen molar-refractivity contribution >= 4 is 27.6 Å². The molecule has 0 aliphatic heterocycles. The molecule has 0 radical (unpaired) electrons. The summed E-state index contributed by atoms with van der Waals surface area (Å²) < 4.78 is 16.5. The van der Waals surface area contributed by atoms with Gasteiger partial charge in [0.05, 0.1) is 12.2 Å². The maximum absolute atomic E-state index is 13.8. The van der Waals surface area contributed by atoms with Crippen molar-refractivity contribution in [1.29, 1.82) is 0 Å². The lowest BCUT2D eigenvalue weighted by molar-refractivity contribution is 0.251. The summed E-state index contributed by atoms with van der Waals surface area (Å²) in [4.78, 5) is 12.0. The molecule has 3 aromatic rings. The average Bonchev–Trinajstić information content (AvgIpc) is 3.03. The van der Waals surface area contributed by atoms with Crippen LogP contribution in [0.25, 0.3) is 0 Å². The van der Waals surface area contributed by atoms with Crippen molar-refractivity contribution < 1.29 is 9.18 Å². The van der Waals surface area contributed by atoms with Gasteiger partial charge in [-0.05, 0) is 42.8 Å². The van der Waals surface area contributed by atoms with Gasteiger partial charge in [-0.3, -0.25) is 0 Å². The molecule has 6 heteroatoms. The van der Waals surface area contributed by atoms with Gasteiger partial charge in [0.2, 0.25) is 0 Å². The van der Waals surface area contributed by atoms with Gasteiger partial charge in [-0.25, -0.2) is 9.18 Å². The molecule has 2 amide bonds. The van der Waals surface area contributed by atoms with Gasteiger partial charge in [-0.15, -0.1) is 0 Å². The molecule has 0 fully saturated rings. The first-order valence-corrected chi connectivity index (χ1v) is 9.00. The third kappa shape index (κ3) is 4.73. The minimum atomic E-state index is -0.489. The molecular weight excluding hydrogens is 397 g/mol. The summed E-state index contributed by atoms with van der Waals surface area (Å²) in [7, 11) is 0. The number of benzene rings is 2. The Balaban J connectivity index is 1.60. The number of amides is 2. The van der Waals surface area contributed by atoms with E-state index in [-0.39, 0.29) is 5.69 Å². The molecule has 2 N–H and O–H groups in total. The zero-order valence-corrected chi connectivity index (χ0v) is 15.9. The van der Waals surface area contributed by atoms with Crippen LogP contribution >= 0.6 is 15.9 Å². The Kier molecular flexibility index (Phi) is 5.73. The normalized spacial score (nSPS) is 10.6. The number of urea groups is 1. The Morgan fingerprint density at radius 2 is 2.00 bits per heavy atom. The van der Waals surface area contributed by atoms with Gasteiger partial charge in [-0.1, -0.05) is 45.8 Å². The van der Waals surface area contributed by atoms with Crippen molar-refractivity contribution in [2.45, 2.75) is 20.0 Å². The van der Waals surface area contributed by atoms with Gasteiger partial charge in [0.15, 0.2) is 0 Å². The predicted octanol–water partition coefficient (Wildman–Crippen LogP) is 5.07. The Hall–Kier alpha value is -2.60. The van der Waals surface area contributed by atoms with Crippen molar-refractivity contribution in [1.82, 2.24) is 9.88 Å². The molecule has 0 aliphatic rings. The fourth-order valence-electron chi connectivity index (χ4n) is 2.70. The monoisotopic (exact) mass is 415 g/mol. The lowest BCUT2D eigenvalue weighted by Gasteiger charge is -2.12. The smallest absolute Gasteiger partial charge is 0.319 e. The van der Waals surface area contributed by atoms with Crippen LogP contribution in [0, 0.1) is 12.7 Å². The van der Waals surface area contributed by atoms with Gasteiger partial charge in [0, 0.05) is 22.9 Å². The zero-order valence-electron chi connectivity index (χ0n) is 14.3. The highest BCUT2D eigenvalue weighted by molar-refractivity contribution is 9.10. The van der Waals surface area contributed by atoms with Gasteiger partial charge < -0.3 is 15.2 Å². The summed E-state index contributed by atoms with van der Waals surface area (Å²) in [5.41, 5.74) is 3.52. The second kappa shape index (κ2) is 8.19. The summed E-state index contributed by atoms with van der Waals surface area (Å²) in [5.74, 6) is -0.489. The van der Waals surface area contributed by atoms with Gasteiger partial charge >= 0.3 is 6.03 Å². The Labute approximate surface area is 160 Å². The van der Waals surface area contributed by atoms with Crippen LogP contribution in [0.4, 0.5) is 14.9 Å². The SMILES string of the molecule is Cc1cccc(Cn2cccc2CNC(=O)Nc2ccc(Br)cc2F)c1. The van der Waals surface area contributed by atoms with Crippen molar-refractivity contribution in [3.63, 3.8) is 0 Å². The molecule has 1 aromatic heterocycles. The van der Waals surface area contributed by atoms with Crippen molar-refractivity contribution in [3.05, 3.63) is 87.9 Å². The van der Waals surface area contributed by atoms with E-state index in [2.05, 4.69) is 56.3 Å². The number of anilines is 1. The lowest BCUT2D eigenvalue weighted by atomic mass is 10.1. The second-order valence-electron chi connectivity index (χ2n) is 6.05. The molecule has 0 bridgehead atoms. The van der Waals surface area contributed by atoms with Crippen molar-refractivity contribution in [2.24, 2.45) is 0 Å². The minimum Gasteiger partial charge on any atom is -0.345 e. The van der Waals surface area contributed by atoms with Crippen LogP contribution in [0.2, 0.25) is 0 Å². The molecule has 4 nitrogen and oxygen atoms in total. The van der Waals surface area contributed by atoms with E-state index in [4.69, 9.17) is 0 Å². The molecule has 2 aromatic carbocycles. The van der Waals surface area contributed by atoms with E-state index in [1.165, 1.54) is 23.3 Å². The molecule has 0 saturated heterocycles. The van der Waals surface area contributed by atoms with Crippen LogP contribution in [0.3, 0.4) is 0 Å². The fourth-order valence-corrected chi connectivity index (χ4v) is 3.03. The van der Waals surface area contributed by atoms with Gasteiger partial charge in [0.25, 0.3) is 0 Å². The number of nitrogens with one attached hydrogen (secondary N) is 2. The number of carbonyl (C=O) groups excluding carboxylic acids is 1. The molecule has 26 heavy (non-hydrogen) atoms. The maximum Gasteiger partial charge on any atom is 0.319 e. The van der Waals surface area contributed by atoms with E-state index >= 15 is 0 Å². The van der Waals surface area contributed by atoms with Crippen LogP contribution in [0.15, 0.2) is 65.3 Å². The number of aromatic nitrogens is 1. The highest BCUT2D eigenvalue weighted by atomic mass is 79.9. The summed E-state index contributed by atoms with van der Waals surface area (Å²) in [5, 5.41) is 5.29. The summed E-state index contributed by atoms with van der Waals surface area (Å²) in [6.45, 7) is 3.14. The number of carbonyl (C=O) groups is 1. The molecule has 0 aliphatic carbocycles. The summed E-state index contributed by atoms with van der Waals surface area (Å²) in [6.07, 6.45) is 1.98. The van der Waals surface area contributed by atoms with Crippen LogP contribution in [-0.2, 0) is 13.1 Å². The third-order valence-electron chi connectivity index (χ3n) is 3.97. The molecule has 0 saturated carbocycles. The van der Waals surface area contributed by atoms with E-state index in [1.54, 1.807) is 6.07 Å². The van der Waals surface area contributed by atoms with E-state index in [1.807, 2.05) is 24.4 Å². The number of nitrogens with zero attached hydrogens (tertiary/aromatic N) is 1. The van der Waals surface area contributed by atoms with Crippen molar-refractivity contribution in [2.75, 3.05) is 5.32 Å². The number of hydrogen-bond acceptors (Lipinski definition) is 1. The first kappa shape index (κ1) is 18.2.